The molecule has 4 aromatic rings. The first-order chi connectivity index (χ1) is 16.0. The van der Waals surface area contributed by atoms with Crippen molar-refractivity contribution in [2.45, 2.75) is 46.6 Å². The molecule has 0 saturated carbocycles. The summed E-state index contributed by atoms with van der Waals surface area (Å²) in [5, 5.41) is 5.25. The number of aryl methyl sites for hydroxylation is 2. The zero-order chi connectivity index (χ0) is 23.2. The van der Waals surface area contributed by atoms with Gasteiger partial charge >= 0.3 is 0 Å². The Kier molecular flexibility index (Phi) is 7.40. The zero-order valence-corrected chi connectivity index (χ0v) is 20.3. The van der Waals surface area contributed by atoms with E-state index in [4.69, 9.17) is 9.72 Å². The van der Waals surface area contributed by atoms with Crippen LogP contribution in [-0.2, 0) is 6.54 Å². The number of ether oxygens (including phenoxy) is 1. The van der Waals surface area contributed by atoms with Gasteiger partial charge in [-0.3, -0.25) is 14.4 Å². The molecule has 1 amide bonds. The van der Waals surface area contributed by atoms with Gasteiger partial charge < -0.3 is 4.74 Å². The normalized spacial score (nSPS) is 11.1. The van der Waals surface area contributed by atoms with Crippen molar-refractivity contribution >= 4 is 32.6 Å². The molecule has 0 aliphatic carbocycles. The fourth-order valence-corrected chi connectivity index (χ4v) is 4.76. The lowest BCUT2D eigenvalue weighted by molar-refractivity contribution is 0.0985. The summed E-state index contributed by atoms with van der Waals surface area (Å²) in [6.07, 6.45) is 3.29. The van der Waals surface area contributed by atoms with Crippen molar-refractivity contribution in [3.8, 4) is 5.75 Å². The Morgan fingerprint density at radius 2 is 1.94 bits per heavy atom. The van der Waals surface area contributed by atoms with Crippen molar-refractivity contribution in [1.29, 1.82) is 0 Å². The number of aromatic nitrogens is 3. The Hall–Kier alpha value is -3.19. The summed E-state index contributed by atoms with van der Waals surface area (Å²) in [6.45, 7) is 7.90. The van der Waals surface area contributed by atoms with Gasteiger partial charge in [-0.25, -0.2) is 4.98 Å². The molecular formula is C26H30N4O2S. The van der Waals surface area contributed by atoms with Crippen LogP contribution >= 0.6 is 11.3 Å². The summed E-state index contributed by atoms with van der Waals surface area (Å²) in [6, 6.07) is 17.5. The molecule has 0 aliphatic heterocycles. The van der Waals surface area contributed by atoms with Crippen molar-refractivity contribution in [3.05, 3.63) is 71.5 Å². The van der Waals surface area contributed by atoms with E-state index in [1.54, 1.807) is 4.90 Å². The molecule has 33 heavy (non-hydrogen) atoms. The first-order valence-electron chi connectivity index (χ1n) is 11.5. The number of rotatable bonds is 10. The van der Waals surface area contributed by atoms with Crippen molar-refractivity contribution in [2.24, 2.45) is 0 Å². The molecule has 0 fully saturated rings. The second-order valence-electron chi connectivity index (χ2n) is 8.15. The van der Waals surface area contributed by atoms with Crippen molar-refractivity contribution in [3.63, 3.8) is 0 Å². The molecule has 0 saturated heterocycles. The molecule has 0 unspecified atom stereocenters. The SMILES string of the molecule is CCCCCOc1cccc(C(=O)N(CCn2nc(C)cc2C)c2nc3ccccc3s2)c1. The minimum atomic E-state index is -0.0883. The Balaban J connectivity index is 1.59. The van der Waals surface area contributed by atoms with Crippen molar-refractivity contribution < 1.29 is 9.53 Å². The van der Waals surface area contributed by atoms with Crippen LogP contribution in [0, 0.1) is 13.8 Å². The quantitative estimate of drug-likeness (QED) is 0.270. The fraction of sp³-hybridized carbons (Fsp3) is 0.346. The number of thiazole rings is 1. The summed E-state index contributed by atoms with van der Waals surface area (Å²) in [4.78, 5) is 20.2. The van der Waals surface area contributed by atoms with Crippen LogP contribution in [0.5, 0.6) is 5.75 Å². The number of carbonyl (C=O) groups excluding carboxylic acids is 1. The highest BCUT2D eigenvalue weighted by molar-refractivity contribution is 7.22. The molecule has 0 radical (unpaired) electrons. The smallest absolute Gasteiger partial charge is 0.260 e. The molecule has 6 nitrogen and oxygen atoms in total. The van der Waals surface area contributed by atoms with Gasteiger partial charge in [0, 0.05) is 17.8 Å². The number of carbonyl (C=O) groups is 1. The summed E-state index contributed by atoms with van der Waals surface area (Å²) < 4.78 is 8.88. The highest BCUT2D eigenvalue weighted by Crippen LogP contribution is 2.30. The number of benzene rings is 2. The van der Waals surface area contributed by atoms with Crippen LogP contribution in [0.25, 0.3) is 10.2 Å². The predicted molar refractivity (Wildman–Crippen MR) is 134 cm³/mol. The maximum absolute atomic E-state index is 13.7. The Morgan fingerprint density at radius 3 is 2.70 bits per heavy atom. The number of fused-ring (bicyclic) bond motifs is 1. The van der Waals surface area contributed by atoms with Gasteiger partial charge in [0.05, 0.1) is 29.1 Å². The standard InChI is InChI=1S/C26H30N4O2S/c1-4-5-8-16-32-22-11-9-10-21(18-22)25(31)29(14-15-30-20(3)17-19(2)28-30)26-27-23-12-6-7-13-24(23)33-26/h6-7,9-13,17-18H,4-5,8,14-16H2,1-3H3. The van der Waals surface area contributed by atoms with E-state index in [2.05, 4.69) is 12.0 Å². The topological polar surface area (TPSA) is 60.2 Å². The molecule has 0 bridgehead atoms. The van der Waals surface area contributed by atoms with Gasteiger partial charge in [-0.1, -0.05) is 49.3 Å². The second-order valence-corrected chi connectivity index (χ2v) is 9.16. The number of hydrogen-bond acceptors (Lipinski definition) is 5. The van der Waals surface area contributed by atoms with Crippen LogP contribution in [0.4, 0.5) is 5.13 Å². The molecule has 4 rings (SSSR count). The first-order valence-corrected chi connectivity index (χ1v) is 12.3. The molecule has 0 spiro atoms. The average Bonchev–Trinajstić information content (AvgIpc) is 3.39. The van der Waals surface area contributed by atoms with Crippen LogP contribution in [0.1, 0.15) is 47.9 Å². The summed E-state index contributed by atoms with van der Waals surface area (Å²) >= 11 is 1.53. The number of hydrogen-bond donors (Lipinski definition) is 0. The van der Waals surface area contributed by atoms with E-state index < -0.39 is 0 Å². The van der Waals surface area contributed by atoms with Crippen LogP contribution in [0.2, 0.25) is 0 Å². The number of para-hydroxylation sites is 1. The molecule has 172 valence electrons. The predicted octanol–water partition coefficient (Wildman–Crippen LogP) is 6.03. The van der Waals surface area contributed by atoms with E-state index in [0.717, 1.165) is 46.6 Å². The Bertz CT molecular complexity index is 1200. The van der Waals surface area contributed by atoms with Gasteiger partial charge in [0.1, 0.15) is 5.75 Å². The first kappa shape index (κ1) is 23.0. The lowest BCUT2D eigenvalue weighted by Gasteiger charge is -2.21. The molecule has 2 aromatic heterocycles. The number of nitrogens with zero attached hydrogens (tertiary/aromatic N) is 4. The van der Waals surface area contributed by atoms with Gasteiger partial charge in [0.25, 0.3) is 5.91 Å². The molecule has 0 aliphatic rings. The minimum absolute atomic E-state index is 0.0883. The zero-order valence-electron chi connectivity index (χ0n) is 19.5. The highest BCUT2D eigenvalue weighted by Gasteiger charge is 2.22. The lowest BCUT2D eigenvalue weighted by atomic mass is 10.2. The lowest BCUT2D eigenvalue weighted by Crippen LogP contribution is -2.34. The van der Waals surface area contributed by atoms with Crippen LogP contribution in [0.15, 0.2) is 54.6 Å². The van der Waals surface area contributed by atoms with Crippen LogP contribution in [0.3, 0.4) is 0 Å². The third-order valence-electron chi connectivity index (χ3n) is 5.50. The van der Waals surface area contributed by atoms with E-state index in [9.17, 15) is 4.79 Å². The minimum Gasteiger partial charge on any atom is -0.494 e. The maximum atomic E-state index is 13.7. The number of amides is 1. The summed E-state index contributed by atoms with van der Waals surface area (Å²) in [5.41, 5.74) is 3.54. The number of anilines is 1. The van der Waals surface area contributed by atoms with Gasteiger partial charge in [0.2, 0.25) is 0 Å². The second kappa shape index (κ2) is 10.6. The summed E-state index contributed by atoms with van der Waals surface area (Å²) in [7, 11) is 0. The largest absolute Gasteiger partial charge is 0.494 e. The van der Waals surface area contributed by atoms with E-state index in [1.165, 1.54) is 11.3 Å². The van der Waals surface area contributed by atoms with E-state index in [1.807, 2.05) is 73.1 Å². The van der Waals surface area contributed by atoms with E-state index in [0.29, 0.717) is 30.4 Å². The third-order valence-corrected chi connectivity index (χ3v) is 6.55. The fourth-order valence-electron chi connectivity index (χ4n) is 3.77. The van der Waals surface area contributed by atoms with Gasteiger partial charge in [-0.15, -0.1) is 0 Å². The van der Waals surface area contributed by atoms with Gasteiger partial charge in [-0.2, -0.15) is 5.10 Å². The Labute approximate surface area is 198 Å². The highest BCUT2D eigenvalue weighted by atomic mass is 32.1. The summed E-state index contributed by atoms with van der Waals surface area (Å²) in [5.74, 6) is 0.634. The van der Waals surface area contributed by atoms with Crippen LogP contribution < -0.4 is 9.64 Å². The molecular weight excluding hydrogens is 432 g/mol. The molecule has 0 N–H and O–H groups in total. The van der Waals surface area contributed by atoms with Crippen molar-refractivity contribution in [1.82, 2.24) is 14.8 Å². The molecule has 0 atom stereocenters. The van der Waals surface area contributed by atoms with E-state index in [-0.39, 0.29) is 5.91 Å². The molecule has 7 heteroatoms. The third kappa shape index (κ3) is 5.60. The van der Waals surface area contributed by atoms with Gasteiger partial charge in [-0.05, 0) is 56.7 Å². The Morgan fingerprint density at radius 1 is 1.09 bits per heavy atom. The van der Waals surface area contributed by atoms with Gasteiger partial charge in [0.15, 0.2) is 5.13 Å². The number of unbranched alkanes of at least 4 members (excludes halogenated alkanes) is 2. The monoisotopic (exact) mass is 462 g/mol. The van der Waals surface area contributed by atoms with Crippen LogP contribution in [-0.4, -0.2) is 33.8 Å². The molecule has 2 heterocycles. The maximum Gasteiger partial charge on any atom is 0.260 e. The average molecular weight is 463 g/mol. The van der Waals surface area contributed by atoms with E-state index >= 15 is 0 Å². The molecule has 2 aromatic carbocycles. The van der Waals surface area contributed by atoms with Crippen molar-refractivity contribution in [2.75, 3.05) is 18.1 Å².